The van der Waals surface area contributed by atoms with Gasteiger partial charge >= 0.3 is 0 Å². The Kier molecular flexibility index (Phi) is 6.05. The highest BCUT2D eigenvalue weighted by molar-refractivity contribution is 8.18. The van der Waals surface area contributed by atoms with E-state index < -0.39 is 0 Å². The third kappa shape index (κ3) is 4.25. The maximum absolute atomic E-state index is 13.5. The van der Waals surface area contributed by atoms with Gasteiger partial charge < -0.3 is 4.74 Å². The van der Waals surface area contributed by atoms with Gasteiger partial charge in [-0.15, -0.1) is 0 Å². The zero-order valence-corrected chi connectivity index (χ0v) is 17.7. The number of nitrogens with zero attached hydrogens (tertiary/aromatic N) is 2. The van der Waals surface area contributed by atoms with Gasteiger partial charge in [-0.25, -0.2) is 4.99 Å². The average molecular weight is 407 g/mol. The lowest BCUT2D eigenvalue weighted by Crippen LogP contribution is -2.44. The SMILES string of the molecule is COc1ccccc1/C=C1\SC(=Nc2ccccc2)N([C@@H]2CCCC[C@@H]2C)C1=O. The van der Waals surface area contributed by atoms with Gasteiger partial charge in [0, 0.05) is 11.6 Å². The van der Waals surface area contributed by atoms with Crippen LogP contribution in [0, 0.1) is 5.92 Å². The van der Waals surface area contributed by atoms with Crippen LogP contribution in [0.4, 0.5) is 5.69 Å². The Morgan fingerprint density at radius 2 is 1.79 bits per heavy atom. The molecule has 5 heteroatoms. The lowest BCUT2D eigenvalue weighted by Gasteiger charge is -2.35. The highest BCUT2D eigenvalue weighted by Gasteiger charge is 2.41. The van der Waals surface area contributed by atoms with Crippen LogP contribution in [0.1, 0.15) is 38.2 Å². The van der Waals surface area contributed by atoms with Gasteiger partial charge in [0.2, 0.25) is 0 Å². The van der Waals surface area contributed by atoms with Crippen LogP contribution >= 0.6 is 11.8 Å². The van der Waals surface area contributed by atoms with E-state index in [2.05, 4.69) is 6.92 Å². The summed E-state index contributed by atoms with van der Waals surface area (Å²) in [6, 6.07) is 17.8. The molecule has 0 unspecified atom stereocenters. The predicted molar refractivity (Wildman–Crippen MR) is 120 cm³/mol. The fraction of sp³-hybridized carbons (Fsp3) is 0.333. The van der Waals surface area contributed by atoms with Crippen molar-refractivity contribution in [2.24, 2.45) is 10.9 Å². The first-order valence-electron chi connectivity index (χ1n) is 10.2. The number of benzene rings is 2. The second kappa shape index (κ2) is 8.87. The van der Waals surface area contributed by atoms with Gasteiger partial charge in [-0.1, -0.05) is 56.2 Å². The maximum Gasteiger partial charge on any atom is 0.267 e. The Morgan fingerprint density at radius 1 is 1.07 bits per heavy atom. The smallest absolute Gasteiger partial charge is 0.267 e. The highest BCUT2D eigenvalue weighted by Crippen LogP contribution is 2.40. The van der Waals surface area contributed by atoms with E-state index in [-0.39, 0.29) is 11.9 Å². The molecule has 2 aliphatic rings. The molecule has 1 aliphatic carbocycles. The fourth-order valence-corrected chi connectivity index (χ4v) is 5.11. The number of methoxy groups -OCH3 is 1. The average Bonchev–Trinajstić information content (AvgIpc) is 3.04. The number of amidine groups is 1. The largest absolute Gasteiger partial charge is 0.496 e. The molecule has 29 heavy (non-hydrogen) atoms. The third-order valence-corrected chi connectivity index (χ3v) is 6.62. The molecule has 0 radical (unpaired) electrons. The van der Waals surface area contributed by atoms with E-state index >= 15 is 0 Å². The quantitative estimate of drug-likeness (QED) is 0.596. The molecule has 1 saturated heterocycles. The first-order valence-corrected chi connectivity index (χ1v) is 11.0. The number of amides is 1. The van der Waals surface area contributed by atoms with Crippen molar-refractivity contribution >= 4 is 34.6 Å². The molecular formula is C24H26N2O2S. The molecule has 2 aromatic carbocycles. The molecule has 4 nitrogen and oxygen atoms in total. The van der Waals surface area contributed by atoms with Gasteiger partial charge in [0.05, 0.1) is 17.7 Å². The minimum absolute atomic E-state index is 0.0503. The monoisotopic (exact) mass is 406 g/mol. The molecule has 1 aliphatic heterocycles. The van der Waals surface area contributed by atoms with Gasteiger partial charge in [-0.05, 0) is 54.8 Å². The molecule has 1 saturated carbocycles. The Balaban J connectivity index is 1.73. The van der Waals surface area contributed by atoms with Crippen molar-refractivity contribution in [2.45, 2.75) is 38.6 Å². The summed E-state index contributed by atoms with van der Waals surface area (Å²) in [7, 11) is 1.65. The molecule has 0 aromatic heterocycles. The van der Waals surface area contributed by atoms with E-state index in [0.717, 1.165) is 41.4 Å². The summed E-state index contributed by atoms with van der Waals surface area (Å²) in [5.74, 6) is 1.29. The number of thioether (sulfide) groups is 1. The topological polar surface area (TPSA) is 41.9 Å². The van der Waals surface area contributed by atoms with E-state index in [9.17, 15) is 4.79 Å². The van der Waals surface area contributed by atoms with E-state index in [4.69, 9.17) is 9.73 Å². The molecular weight excluding hydrogens is 380 g/mol. The molecule has 2 fully saturated rings. The van der Waals surface area contributed by atoms with E-state index in [1.807, 2.05) is 65.6 Å². The van der Waals surface area contributed by atoms with Crippen LogP contribution in [0.15, 0.2) is 64.5 Å². The van der Waals surface area contributed by atoms with Gasteiger partial charge in [-0.2, -0.15) is 0 Å². The number of hydrogen-bond acceptors (Lipinski definition) is 4. The number of para-hydroxylation sites is 2. The lowest BCUT2D eigenvalue weighted by molar-refractivity contribution is -0.124. The van der Waals surface area contributed by atoms with Crippen molar-refractivity contribution in [2.75, 3.05) is 7.11 Å². The number of carbonyl (C=O) groups is 1. The summed E-state index contributed by atoms with van der Waals surface area (Å²) in [5, 5.41) is 0.779. The normalized spacial score (nSPS) is 25.0. The van der Waals surface area contributed by atoms with Crippen molar-refractivity contribution in [1.82, 2.24) is 4.90 Å². The number of rotatable bonds is 4. The standard InChI is InChI=1S/C24H26N2O2S/c1-17-10-6-8-14-20(17)26-23(27)22(16-18-11-7-9-15-21(18)28-2)29-24(26)25-19-12-4-3-5-13-19/h3-5,7,9,11-13,15-17,20H,6,8,10,14H2,1-2H3/b22-16-,25-24?/t17-,20+/m0/s1. The summed E-state index contributed by atoms with van der Waals surface area (Å²) < 4.78 is 5.46. The Labute approximate surface area is 176 Å². The van der Waals surface area contributed by atoms with Crippen molar-refractivity contribution in [3.63, 3.8) is 0 Å². The zero-order chi connectivity index (χ0) is 20.2. The Bertz CT molecular complexity index is 939. The Morgan fingerprint density at radius 3 is 2.55 bits per heavy atom. The number of carbonyl (C=O) groups excluding carboxylic acids is 1. The van der Waals surface area contributed by atoms with Crippen LogP contribution in [0.5, 0.6) is 5.75 Å². The maximum atomic E-state index is 13.5. The zero-order valence-electron chi connectivity index (χ0n) is 16.9. The van der Waals surface area contributed by atoms with Crippen LogP contribution in [0.3, 0.4) is 0 Å². The molecule has 0 N–H and O–H groups in total. The van der Waals surface area contributed by atoms with Gasteiger partial charge in [0.15, 0.2) is 5.17 Å². The van der Waals surface area contributed by atoms with E-state index in [0.29, 0.717) is 10.8 Å². The molecule has 0 spiro atoms. The first-order chi connectivity index (χ1) is 14.2. The third-order valence-electron chi connectivity index (χ3n) is 5.64. The van der Waals surface area contributed by atoms with E-state index in [1.54, 1.807) is 7.11 Å². The molecule has 1 amide bonds. The summed E-state index contributed by atoms with van der Waals surface area (Å²) in [6.07, 6.45) is 6.52. The summed E-state index contributed by atoms with van der Waals surface area (Å²) in [6.45, 7) is 2.25. The molecule has 4 rings (SSSR count). The summed E-state index contributed by atoms with van der Waals surface area (Å²) in [4.78, 5) is 21.0. The molecule has 2 aromatic rings. The second-order valence-electron chi connectivity index (χ2n) is 7.59. The first kappa shape index (κ1) is 19.8. The summed E-state index contributed by atoms with van der Waals surface area (Å²) in [5.41, 5.74) is 1.78. The molecule has 2 atom stereocenters. The minimum Gasteiger partial charge on any atom is -0.496 e. The van der Waals surface area contributed by atoms with Crippen molar-refractivity contribution in [1.29, 1.82) is 0 Å². The van der Waals surface area contributed by atoms with E-state index in [1.165, 1.54) is 18.2 Å². The lowest BCUT2D eigenvalue weighted by atomic mass is 9.85. The number of hydrogen-bond donors (Lipinski definition) is 0. The van der Waals surface area contributed by atoms with Crippen molar-refractivity contribution in [3.05, 3.63) is 65.1 Å². The predicted octanol–water partition coefficient (Wildman–Crippen LogP) is 5.88. The van der Waals surface area contributed by atoms with Gasteiger partial charge in [-0.3, -0.25) is 9.69 Å². The Hall–Kier alpha value is -2.53. The van der Waals surface area contributed by atoms with Crippen molar-refractivity contribution < 1.29 is 9.53 Å². The number of ether oxygens (including phenoxy) is 1. The van der Waals surface area contributed by atoms with Crippen LogP contribution in [0.2, 0.25) is 0 Å². The molecule has 1 heterocycles. The van der Waals surface area contributed by atoms with Gasteiger partial charge in [0.25, 0.3) is 5.91 Å². The molecule has 0 bridgehead atoms. The van der Waals surface area contributed by atoms with Crippen LogP contribution < -0.4 is 4.74 Å². The van der Waals surface area contributed by atoms with Gasteiger partial charge in [0.1, 0.15) is 5.75 Å². The minimum atomic E-state index is 0.0503. The number of aliphatic imine (C=N–C) groups is 1. The van der Waals surface area contributed by atoms with Crippen molar-refractivity contribution in [3.8, 4) is 5.75 Å². The van der Waals surface area contributed by atoms with Crippen LogP contribution in [-0.2, 0) is 4.79 Å². The fourth-order valence-electron chi connectivity index (χ4n) is 4.08. The molecule has 150 valence electrons. The second-order valence-corrected chi connectivity index (χ2v) is 8.60. The highest BCUT2D eigenvalue weighted by atomic mass is 32.2. The van der Waals surface area contributed by atoms with Crippen LogP contribution in [0.25, 0.3) is 6.08 Å². The van der Waals surface area contributed by atoms with Crippen LogP contribution in [-0.4, -0.2) is 29.1 Å². The summed E-state index contributed by atoms with van der Waals surface area (Å²) >= 11 is 1.46.